The fourth-order valence-corrected chi connectivity index (χ4v) is 2.67. The normalized spacial score (nSPS) is 18.9. The lowest BCUT2D eigenvalue weighted by atomic mass is 9.87. The summed E-state index contributed by atoms with van der Waals surface area (Å²) in [6, 6.07) is 8.86. The van der Waals surface area contributed by atoms with E-state index in [2.05, 4.69) is 50.4 Å². The van der Waals surface area contributed by atoms with Gasteiger partial charge in [0.25, 0.3) is 0 Å². The largest absolute Gasteiger partial charge is 0.444 e. The Kier molecular flexibility index (Phi) is 4.92. The number of nitrogens with zero attached hydrogens (tertiary/aromatic N) is 1. The van der Waals surface area contributed by atoms with Crippen LogP contribution in [0.1, 0.15) is 53.5 Å². The molecular formula is C19H30N2O2. The van der Waals surface area contributed by atoms with Crippen molar-refractivity contribution in [1.82, 2.24) is 4.90 Å². The zero-order valence-electron chi connectivity index (χ0n) is 15.3. The van der Waals surface area contributed by atoms with Crippen molar-refractivity contribution in [3.05, 3.63) is 29.8 Å². The van der Waals surface area contributed by atoms with Crippen LogP contribution in [0.15, 0.2) is 24.3 Å². The third kappa shape index (κ3) is 5.15. The molecule has 1 fully saturated rings. The zero-order valence-corrected chi connectivity index (χ0v) is 15.3. The number of benzene rings is 1. The summed E-state index contributed by atoms with van der Waals surface area (Å²) in [5.41, 5.74) is 2.16. The molecule has 2 rings (SSSR count). The lowest BCUT2D eigenvalue weighted by molar-refractivity contribution is 0.0293. The van der Waals surface area contributed by atoms with Crippen molar-refractivity contribution >= 4 is 11.8 Å². The molecule has 1 aliphatic heterocycles. The van der Waals surface area contributed by atoms with E-state index in [1.165, 1.54) is 5.56 Å². The number of ether oxygens (including phenoxy) is 1. The second-order valence-electron chi connectivity index (χ2n) is 8.38. The fourth-order valence-electron chi connectivity index (χ4n) is 2.67. The van der Waals surface area contributed by atoms with E-state index in [-0.39, 0.29) is 17.6 Å². The Morgan fingerprint density at radius 2 is 1.74 bits per heavy atom. The summed E-state index contributed by atoms with van der Waals surface area (Å²) in [4.78, 5) is 13.9. The summed E-state index contributed by atoms with van der Waals surface area (Å²) < 4.78 is 5.43. The maximum absolute atomic E-state index is 12.1. The molecule has 1 aromatic carbocycles. The van der Waals surface area contributed by atoms with Crippen molar-refractivity contribution in [2.24, 2.45) is 0 Å². The Morgan fingerprint density at radius 1 is 1.13 bits per heavy atom. The number of carbonyl (C=O) groups is 1. The van der Waals surface area contributed by atoms with E-state index in [1.54, 1.807) is 4.90 Å². The van der Waals surface area contributed by atoms with Crippen LogP contribution in [0.4, 0.5) is 10.5 Å². The number of anilines is 1. The van der Waals surface area contributed by atoms with Crippen LogP contribution in [0.5, 0.6) is 0 Å². The molecule has 0 radical (unpaired) electrons. The first-order chi connectivity index (χ1) is 10.5. The smallest absolute Gasteiger partial charge is 0.410 e. The molecule has 1 N–H and O–H groups in total. The molecule has 23 heavy (non-hydrogen) atoms. The van der Waals surface area contributed by atoms with Gasteiger partial charge in [0.05, 0.1) is 0 Å². The lowest BCUT2D eigenvalue weighted by Crippen LogP contribution is -2.36. The molecule has 0 bridgehead atoms. The highest BCUT2D eigenvalue weighted by molar-refractivity contribution is 5.68. The van der Waals surface area contributed by atoms with Crippen molar-refractivity contribution in [3.8, 4) is 0 Å². The molecule has 0 saturated carbocycles. The minimum atomic E-state index is -0.439. The maximum Gasteiger partial charge on any atom is 0.410 e. The first-order valence-electron chi connectivity index (χ1n) is 8.39. The molecule has 0 spiro atoms. The zero-order chi connectivity index (χ0) is 17.3. The Morgan fingerprint density at radius 3 is 2.26 bits per heavy atom. The van der Waals surface area contributed by atoms with E-state index in [1.807, 2.05) is 20.8 Å². The van der Waals surface area contributed by atoms with Gasteiger partial charge in [-0.3, -0.25) is 0 Å². The SMILES string of the molecule is CC(C)(C)OC(=O)N1CCC(Nc2ccc(C(C)(C)C)cc2)C1. The molecule has 1 heterocycles. The fraction of sp³-hybridized carbons (Fsp3) is 0.632. The van der Waals surface area contributed by atoms with Gasteiger partial charge in [-0.25, -0.2) is 4.79 Å². The lowest BCUT2D eigenvalue weighted by Gasteiger charge is -2.24. The average molecular weight is 318 g/mol. The Bertz CT molecular complexity index is 538. The Labute approximate surface area is 140 Å². The predicted molar refractivity (Wildman–Crippen MR) is 95.0 cm³/mol. The van der Waals surface area contributed by atoms with Crippen LogP contribution < -0.4 is 5.32 Å². The summed E-state index contributed by atoms with van der Waals surface area (Å²) in [6.45, 7) is 13.8. The van der Waals surface area contributed by atoms with Crippen LogP contribution in [-0.4, -0.2) is 35.7 Å². The first kappa shape index (κ1) is 17.6. The highest BCUT2D eigenvalue weighted by Crippen LogP contribution is 2.24. The number of hydrogen-bond donors (Lipinski definition) is 1. The van der Waals surface area contributed by atoms with Crippen LogP contribution in [0, 0.1) is 0 Å². The standard InChI is InChI=1S/C19H30N2O2/c1-18(2,3)14-7-9-15(10-8-14)20-16-11-12-21(13-16)17(22)23-19(4,5)6/h7-10,16,20H,11-13H2,1-6H3. The Balaban J connectivity index is 1.89. The molecule has 0 aliphatic carbocycles. The summed E-state index contributed by atoms with van der Waals surface area (Å²) >= 11 is 0. The van der Waals surface area contributed by atoms with Gasteiger partial charge in [-0.15, -0.1) is 0 Å². The van der Waals surface area contributed by atoms with Gasteiger partial charge in [0.15, 0.2) is 0 Å². The number of carbonyl (C=O) groups excluding carboxylic acids is 1. The maximum atomic E-state index is 12.1. The van der Waals surface area contributed by atoms with E-state index in [9.17, 15) is 4.79 Å². The molecule has 1 atom stereocenters. The average Bonchev–Trinajstić information content (AvgIpc) is 2.85. The van der Waals surface area contributed by atoms with E-state index in [0.29, 0.717) is 6.54 Å². The number of nitrogens with one attached hydrogen (secondary N) is 1. The minimum Gasteiger partial charge on any atom is -0.444 e. The number of likely N-dealkylation sites (tertiary alicyclic amines) is 1. The van der Waals surface area contributed by atoms with Gasteiger partial charge in [0, 0.05) is 24.8 Å². The third-order valence-electron chi connectivity index (χ3n) is 3.96. The monoisotopic (exact) mass is 318 g/mol. The Hall–Kier alpha value is -1.71. The van der Waals surface area contributed by atoms with Crippen LogP contribution in [-0.2, 0) is 10.2 Å². The number of amides is 1. The van der Waals surface area contributed by atoms with Gasteiger partial charge < -0.3 is 15.0 Å². The molecule has 128 valence electrons. The second-order valence-corrected chi connectivity index (χ2v) is 8.38. The molecule has 1 saturated heterocycles. The van der Waals surface area contributed by atoms with Gasteiger partial charge in [-0.1, -0.05) is 32.9 Å². The summed E-state index contributed by atoms with van der Waals surface area (Å²) in [7, 11) is 0. The molecule has 1 amide bonds. The molecule has 1 aliphatic rings. The van der Waals surface area contributed by atoms with Crippen LogP contribution in [0.3, 0.4) is 0 Å². The van der Waals surface area contributed by atoms with Crippen molar-refractivity contribution in [2.45, 2.75) is 65.0 Å². The van der Waals surface area contributed by atoms with E-state index in [4.69, 9.17) is 4.74 Å². The topological polar surface area (TPSA) is 41.6 Å². The van der Waals surface area contributed by atoms with Crippen molar-refractivity contribution in [3.63, 3.8) is 0 Å². The third-order valence-corrected chi connectivity index (χ3v) is 3.96. The van der Waals surface area contributed by atoms with Crippen molar-refractivity contribution in [2.75, 3.05) is 18.4 Å². The molecule has 0 aromatic heterocycles. The van der Waals surface area contributed by atoms with Gasteiger partial charge >= 0.3 is 6.09 Å². The van der Waals surface area contributed by atoms with E-state index in [0.717, 1.165) is 18.7 Å². The van der Waals surface area contributed by atoms with Crippen LogP contribution in [0.2, 0.25) is 0 Å². The summed E-state index contributed by atoms with van der Waals surface area (Å²) in [6.07, 6.45) is 0.727. The minimum absolute atomic E-state index is 0.166. The molecular weight excluding hydrogens is 288 g/mol. The van der Waals surface area contributed by atoms with Crippen LogP contribution in [0.25, 0.3) is 0 Å². The number of hydrogen-bond acceptors (Lipinski definition) is 3. The van der Waals surface area contributed by atoms with Gasteiger partial charge in [0.1, 0.15) is 5.60 Å². The van der Waals surface area contributed by atoms with E-state index < -0.39 is 5.60 Å². The molecule has 1 unspecified atom stereocenters. The molecule has 4 heteroatoms. The summed E-state index contributed by atoms with van der Waals surface area (Å²) in [5, 5.41) is 3.52. The molecule has 4 nitrogen and oxygen atoms in total. The van der Waals surface area contributed by atoms with Gasteiger partial charge in [-0.2, -0.15) is 0 Å². The van der Waals surface area contributed by atoms with Gasteiger partial charge in [0.2, 0.25) is 0 Å². The van der Waals surface area contributed by atoms with Crippen LogP contribution >= 0.6 is 0 Å². The first-order valence-corrected chi connectivity index (χ1v) is 8.39. The second kappa shape index (κ2) is 6.42. The van der Waals surface area contributed by atoms with Gasteiger partial charge in [-0.05, 0) is 50.3 Å². The van der Waals surface area contributed by atoms with Crippen molar-refractivity contribution < 1.29 is 9.53 Å². The summed E-state index contributed by atoms with van der Waals surface area (Å²) in [5.74, 6) is 0. The highest BCUT2D eigenvalue weighted by Gasteiger charge is 2.29. The molecule has 1 aromatic rings. The highest BCUT2D eigenvalue weighted by atomic mass is 16.6. The predicted octanol–water partition coefficient (Wildman–Crippen LogP) is 4.41. The van der Waals surface area contributed by atoms with Crippen molar-refractivity contribution in [1.29, 1.82) is 0 Å². The quantitative estimate of drug-likeness (QED) is 0.878. The van der Waals surface area contributed by atoms with E-state index >= 15 is 0 Å². The number of rotatable bonds is 2.